The second-order valence-corrected chi connectivity index (χ2v) is 6.33. The molecule has 0 bridgehead atoms. The van der Waals surface area contributed by atoms with Crippen LogP contribution in [-0.2, 0) is 20.6 Å². The zero-order valence-corrected chi connectivity index (χ0v) is 15.0. The SMILES string of the molecule is CN(CCOc1ccc(Br)cc1)Cc1cc(=O)n(C)c(=O)n1C. The molecule has 0 fully saturated rings. The zero-order chi connectivity index (χ0) is 17.0. The Balaban J connectivity index is 1.92. The Morgan fingerprint density at radius 3 is 2.43 bits per heavy atom. The fourth-order valence-corrected chi connectivity index (χ4v) is 2.40. The lowest BCUT2D eigenvalue weighted by molar-refractivity contribution is 0.229. The summed E-state index contributed by atoms with van der Waals surface area (Å²) in [4.78, 5) is 25.6. The molecule has 0 unspecified atom stereocenters. The highest BCUT2D eigenvalue weighted by molar-refractivity contribution is 9.10. The van der Waals surface area contributed by atoms with Gasteiger partial charge in [-0.05, 0) is 31.3 Å². The highest BCUT2D eigenvalue weighted by Crippen LogP contribution is 2.15. The van der Waals surface area contributed by atoms with Crippen molar-refractivity contribution < 1.29 is 4.74 Å². The highest BCUT2D eigenvalue weighted by atomic mass is 79.9. The van der Waals surface area contributed by atoms with Crippen LogP contribution in [0.5, 0.6) is 5.75 Å². The first kappa shape index (κ1) is 17.5. The van der Waals surface area contributed by atoms with Crippen molar-refractivity contribution >= 4 is 15.9 Å². The van der Waals surface area contributed by atoms with Crippen LogP contribution >= 0.6 is 15.9 Å². The number of hydrogen-bond acceptors (Lipinski definition) is 4. The minimum Gasteiger partial charge on any atom is -0.492 e. The minimum absolute atomic E-state index is 0.289. The standard InChI is InChI=1S/C16H20BrN3O3/c1-18(8-9-23-14-6-4-12(17)5-7-14)11-13-10-15(21)20(3)16(22)19(13)2/h4-7,10H,8-9,11H2,1-3H3. The van der Waals surface area contributed by atoms with Crippen LogP contribution in [-0.4, -0.2) is 34.2 Å². The molecule has 2 rings (SSSR count). The molecule has 0 saturated carbocycles. The lowest BCUT2D eigenvalue weighted by Gasteiger charge is -2.19. The molecule has 6 nitrogen and oxygen atoms in total. The summed E-state index contributed by atoms with van der Waals surface area (Å²) in [5, 5.41) is 0. The summed E-state index contributed by atoms with van der Waals surface area (Å²) in [6, 6.07) is 9.14. The van der Waals surface area contributed by atoms with Gasteiger partial charge in [-0.2, -0.15) is 0 Å². The Morgan fingerprint density at radius 2 is 1.78 bits per heavy atom. The maximum atomic E-state index is 11.9. The number of ether oxygens (including phenoxy) is 1. The molecule has 0 radical (unpaired) electrons. The van der Waals surface area contributed by atoms with Gasteiger partial charge < -0.3 is 4.74 Å². The van der Waals surface area contributed by atoms with Crippen LogP contribution in [0.2, 0.25) is 0 Å². The van der Waals surface area contributed by atoms with Crippen molar-refractivity contribution in [3.63, 3.8) is 0 Å². The molecule has 0 atom stereocenters. The van der Waals surface area contributed by atoms with Crippen molar-refractivity contribution in [1.29, 1.82) is 0 Å². The maximum absolute atomic E-state index is 11.9. The van der Waals surface area contributed by atoms with Crippen molar-refractivity contribution in [3.8, 4) is 5.75 Å². The summed E-state index contributed by atoms with van der Waals surface area (Å²) in [5.41, 5.74) is 0.0823. The van der Waals surface area contributed by atoms with E-state index in [0.29, 0.717) is 25.4 Å². The van der Waals surface area contributed by atoms with Crippen LogP contribution in [0.25, 0.3) is 0 Å². The molecule has 0 aliphatic rings. The van der Waals surface area contributed by atoms with Gasteiger partial charge >= 0.3 is 5.69 Å². The molecule has 124 valence electrons. The lowest BCUT2D eigenvalue weighted by Crippen LogP contribution is -2.39. The van der Waals surface area contributed by atoms with E-state index in [1.54, 1.807) is 7.05 Å². The number of halogens is 1. The first-order chi connectivity index (χ1) is 10.9. The summed E-state index contributed by atoms with van der Waals surface area (Å²) in [5.74, 6) is 0.808. The Hall–Kier alpha value is -1.86. The van der Waals surface area contributed by atoms with Crippen LogP contribution in [0, 0.1) is 0 Å². The minimum atomic E-state index is -0.313. The van der Waals surface area contributed by atoms with Crippen LogP contribution in [0.4, 0.5) is 0 Å². The van der Waals surface area contributed by atoms with E-state index in [9.17, 15) is 9.59 Å². The quantitative estimate of drug-likeness (QED) is 0.757. The van der Waals surface area contributed by atoms with Gasteiger partial charge in [-0.3, -0.25) is 18.8 Å². The Kier molecular flexibility index (Phi) is 5.79. The summed E-state index contributed by atoms with van der Waals surface area (Å²) in [7, 11) is 5.07. The fourth-order valence-electron chi connectivity index (χ4n) is 2.14. The largest absolute Gasteiger partial charge is 0.492 e. The number of benzene rings is 1. The number of hydrogen-bond donors (Lipinski definition) is 0. The van der Waals surface area contributed by atoms with Crippen LogP contribution in [0.3, 0.4) is 0 Å². The molecular formula is C16H20BrN3O3. The van der Waals surface area contributed by atoms with Crippen molar-refractivity contribution in [3.05, 3.63) is 61.3 Å². The average Bonchev–Trinajstić information content (AvgIpc) is 2.52. The third kappa shape index (κ3) is 4.56. The molecule has 2 aromatic rings. The van der Waals surface area contributed by atoms with Gasteiger partial charge in [0.25, 0.3) is 5.56 Å². The van der Waals surface area contributed by atoms with Crippen LogP contribution < -0.4 is 16.0 Å². The second-order valence-electron chi connectivity index (χ2n) is 5.41. The number of likely N-dealkylation sites (N-methyl/N-ethyl adjacent to an activating group) is 1. The van der Waals surface area contributed by atoms with E-state index in [-0.39, 0.29) is 11.2 Å². The highest BCUT2D eigenvalue weighted by Gasteiger charge is 2.08. The number of nitrogens with zero attached hydrogens (tertiary/aromatic N) is 3. The molecule has 0 saturated heterocycles. The molecule has 1 heterocycles. The molecule has 1 aromatic carbocycles. The van der Waals surface area contributed by atoms with Gasteiger partial charge in [0.05, 0.1) is 0 Å². The lowest BCUT2D eigenvalue weighted by atomic mass is 10.3. The van der Waals surface area contributed by atoms with Gasteiger partial charge in [0, 0.05) is 43.4 Å². The molecule has 0 amide bonds. The molecule has 0 spiro atoms. The first-order valence-corrected chi connectivity index (χ1v) is 8.00. The van der Waals surface area contributed by atoms with Gasteiger partial charge in [0.15, 0.2) is 0 Å². The Labute approximate surface area is 143 Å². The molecular weight excluding hydrogens is 362 g/mol. The van der Waals surface area contributed by atoms with Gasteiger partial charge in [-0.1, -0.05) is 15.9 Å². The molecule has 1 aromatic heterocycles. The van der Waals surface area contributed by atoms with Crippen molar-refractivity contribution in [2.45, 2.75) is 6.54 Å². The summed E-state index contributed by atoms with van der Waals surface area (Å²) in [6.45, 7) is 1.71. The summed E-state index contributed by atoms with van der Waals surface area (Å²) >= 11 is 3.38. The molecule has 7 heteroatoms. The van der Waals surface area contributed by atoms with Crippen molar-refractivity contribution in [2.75, 3.05) is 20.2 Å². The predicted octanol–water partition coefficient (Wildman–Crippen LogP) is 1.36. The van der Waals surface area contributed by atoms with E-state index in [1.807, 2.05) is 36.2 Å². The van der Waals surface area contributed by atoms with Gasteiger partial charge in [-0.25, -0.2) is 4.79 Å². The van der Waals surface area contributed by atoms with Gasteiger partial charge in [-0.15, -0.1) is 0 Å². The van der Waals surface area contributed by atoms with Crippen LogP contribution in [0.15, 0.2) is 44.4 Å². The maximum Gasteiger partial charge on any atom is 0.330 e. The zero-order valence-electron chi connectivity index (χ0n) is 13.5. The third-order valence-electron chi connectivity index (χ3n) is 3.61. The number of aromatic nitrogens is 2. The normalized spacial score (nSPS) is 11.0. The molecule has 0 N–H and O–H groups in total. The smallest absolute Gasteiger partial charge is 0.330 e. The molecule has 0 aliphatic heterocycles. The van der Waals surface area contributed by atoms with E-state index in [2.05, 4.69) is 15.9 Å². The summed E-state index contributed by atoms with van der Waals surface area (Å²) < 4.78 is 9.27. The van der Waals surface area contributed by atoms with E-state index >= 15 is 0 Å². The van der Waals surface area contributed by atoms with Crippen LogP contribution in [0.1, 0.15) is 5.69 Å². The van der Waals surface area contributed by atoms with Crippen molar-refractivity contribution in [1.82, 2.24) is 14.0 Å². The number of rotatable bonds is 6. The van der Waals surface area contributed by atoms with E-state index in [1.165, 1.54) is 17.7 Å². The van der Waals surface area contributed by atoms with Crippen molar-refractivity contribution in [2.24, 2.45) is 14.1 Å². The topological polar surface area (TPSA) is 56.5 Å². The summed E-state index contributed by atoms with van der Waals surface area (Å²) in [6.07, 6.45) is 0. The average molecular weight is 382 g/mol. The predicted molar refractivity (Wildman–Crippen MR) is 92.9 cm³/mol. The Bertz CT molecular complexity index is 781. The van der Waals surface area contributed by atoms with Gasteiger partial charge in [0.1, 0.15) is 12.4 Å². The second kappa shape index (κ2) is 7.61. The first-order valence-electron chi connectivity index (χ1n) is 7.21. The molecule has 23 heavy (non-hydrogen) atoms. The fraction of sp³-hybridized carbons (Fsp3) is 0.375. The van der Waals surface area contributed by atoms with Gasteiger partial charge in [0.2, 0.25) is 0 Å². The Morgan fingerprint density at radius 1 is 1.13 bits per heavy atom. The van der Waals surface area contributed by atoms with E-state index in [0.717, 1.165) is 14.8 Å². The van der Waals surface area contributed by atoms with E-state index in [4.69, 9.17) is 4.74 Å². The molecule has 0 aliphatic carbocycles. The van der Waals surface area contributed by atoms with E-state index < -0.39 is 0 Å². The third-order valence-corrected chi connectivity index (χ3v) is 4.14. The monoisotopic (exact) mass is 381 g/mol.